The van der Waals surface area contributed by atoms with Gasteiger partial charge in [-0.05, 0) is 12.1 Å². The van der Waals surface area contributed by atoms with E-state index in [0.717, 1.165) is 0 Å². The highest BCUT2D eigenvalue weighted by atomic mass is 35.5. The molecule has 1 atom stereocenters. The zero-order valence-corrected chi connectivity index (χ0v) is 15.2. The van der Waals surface area contributed by atoms with Gasteiger partial charge in [-0.1, -0.05) is 17.7 Å². The van der Waals surface area contributed by atoms with Crippen LogP contribution in [-0.4, -0.2) is 41.9 Å². The molecule has 1 aromatic heterocycles. The molecule has 1 fully saturated rings. The first-order valence-corrected chi connectivity index (χ1v) is 8.88. The molecule has 2 aromatic rings. The molecule has 1 aliphatic rings. The van der Waals surface area contributed by atoms with Crippen LogP contribution in [0.25, 0.3) is 0 Å². The number of nitrogens with one attached hydrogen (secondary N) is 1. The number of sulfonamides is 1. The highest BCUT2D eigenvalue weighted by Gasteiger charge is 2.37. The van der Waals surface area contributed by atoms with Crippen LogP contribution in [0.3, 0.4) is 0 Å². The third kappa shape index (κ3) is 3.29. The molecule has 0 saturated carbocycles. The molecule has 0 bridgehead atoms. The number of piperazine rings is 1. The predicted molar refractivity (Wildman–Crippen MR) is 91.4 cm³/mol. The van der Waals surface area contributed by atoms with Gasteiger partial charge in [-0.25, -0.2) is 17.8 Å². The second-order valence-corrected chi connectivity index (χ2v) is 7.55. The molecule has 24 heavy (non-hydrogen) atoms. The Balaban J connectivity index is 0.00000208. The van der Waals surface area contributed by atoms with E-state index in [1.54, 1.807) is 24.0 Å². The Labute approximate surface area is 151 Å². The summed E-state index contributed by atoms with van der Waals surface area (Å²) in [6.45, 7) is 1.13. The van der Waals surface area contributed by atoms with E-state index in [-0.39, 0.29) is 24.0 Å². The van der Waals surface area contributed by atoms with E-state index in [1.165, 1.54) is 22.5 Å². The Morgan fingerprint density at radius 1 is 1.42 bits per heavy atom. The minimum atomic E-state index is -4.03. The van der Waals surface area contributed by atoms with E-state index in [1.807, 2.05) is 0 Å². The van der Waals surface area contributed by atoms with E-state index in [2.05, 4.69) is 10.3 Å². The van der Waals surface area contributed by atoms with Gasteiger partial charge in [0.2, 0.25) is 10.0 Å². The molecule has 1 unspecified atom stereocenters. The Hall–Kier alpha value is -1.19. The lowest BCUT2D eigenvalue weighted by atomic mass is 10.2. The highest BCUT2D eigenvalue weighted by molar-refractivity contribution is 7.89. The van der Waals surface area contributed by atoms with Crippen molar-refractivity contribution in [2.45, 2.75) is 10.9 Å². The number of benzene rings is 1. The van der Waals surface area contributed by atoms with Gasteiger partial charge in [0.05, 0.1) is 11.1 Å². The molecule has 1 saturated heterocycles. The molecule has 3 rings (SSSR count). The first-order chi connectivity index (χ1) is 10.9. The summed E-state index contributed by atoms with van der Waals surface area (Å²) in [5, 5.41) is 2.94. The van der Waals surface area contributed by atoms with Crippen LogP contribution in [0.5, 0.6) is 0 Å². The molecule has 1 aliphatic heterocycles. The van der Waals surface area contributed by atoms with E-state index in [9.17, 15) is 12.8 Å². The van der Waals surface area contributed by atoms with Crippen LogP contribution in [-0.2, 0) is 17.1 Å². The van der Waals surface area contributed by atoms with Crippen molar-refractivity contribution in [1.82, 2.24) is 19.2 Å². The quantitative estimate of drug-likeness (QED) is 0.863. The number of rotatable bonds is 3. The van der Waals surface area contributed by atoms with Crippen molar-refractivity contribution in [2.75, 3.05) is 19.6 Å². The summed E-state index contributed by atoms with van der Waals surface area (Å²) in [7, 11) is -2.23. The molecule has 132 valence electrons. The molecule has 10 heteroatoms. The van der Waals surface area contributed by atoms with Gasteiger partial charge in [0.15, 0.2) is 5.82 Å². The Morgan fingerprint density at radius 2 is 2.17 bits per heavy atom. The monoisotopic (exact) mass is 394 g/mol. The number of aromatic nitrogens is 2. The molecule has 0 aliphatic carbocycles. The van der Waals surface area contributed by atoms with E-state index < -0.39 is 26.8 Å². The second kappa shape index (κ2) is 7.37. The standard InChI is InChI=1S/C14H16ClFN4O2S.ClH/c1-19-7-6-18-14(19)11-9-17-5-8-20(11)23(21,22)12-4-2-3-10(15)13(12)16;/h2-4,6-7,11,17H,5,8-9H2,1H3;1H. The van der Waals surface area contributed by atoms with Crippen LogP contribution < -0.4 is 5.32 Å². The van der Waals surface area contributed by atoms with Crippen LogP contribution in [0.1, 0.15) is 11.9 Å². The lowest BCUT2D eigenvalue weighted by Gasteiger charge is -2.34. The molecule has 0 spiro atoms. The first-order valence-electron chi connectivity index (χ1n) is 7.06. The lowest BCUT2D eigenvalue weighted by Crippen LogP contribution is -2.49. The van der Waals surface area contributed by atoms with Gasteiger partial charge in [0.1, 0.15) is 10.7 Å². The fourth-order valence-corrected chi connectivity index (χ4v) is 4.61. The molecular formula is C14H17Cl2FN4O2S. The van der Waals surface area contributed by atoms with Crippen LogP contribution in [0.4, 0.5) is 4.39 Å². The van der Waals surface area contributed by atoms with Crippen molar-refractivity contribution in [2.24, 2.45) is 7.05 Å². The lowest BCUT2D eigenvalue weighted by molar-refractivity contribution is 0.257. The van der Waals surface area contributed by atoms with Crippen molar-refractivity contribution >= 4 is 34.0 Å². The average molecular weight is 395 g/mol. The predicted octanol–water partition coefficient (Wildman–Crippen LogP) is 1.97. The molecule has 1 aromatic carbocycles. The number of hydrogen-bond acceptors (Lipinski definition) is 4. The minimum absolute atomic E-state index is 0. The van der Waals surface area contributed by atoms with Gasteiger partial charge in [0.25, 0.3) is 0 Å². The van der Waals surface area contributed by atoms with Crippen molar-refractivity contribution in [3.8, 4) is 0 Å². The third-order valence-corrected chi connectivity index (χ3v) is 6.07. The first kappa shape index (κ1) is 19.1. The Kier molecular flexibility index (Phi) is 5.87. The molecule has 6 nitrogen and oxygen atoms in total. The summed E-state index contributed by atoms with van der Waals surface area (Å²) in [6.07, 6.45) is 3.35. The summed E-state index contributed by atoms with van der Waals surface area (Å²) >= 11 is 5.73. The maximum atomic E-state index is 14.2. The Morgan fingerprint density at radius 3 is 2.83 bits per heavy atom. The van der Waals surface area contributed by atoms with Crippen molar-refractivity contribution in [3.63, 3.8) is 0 Å². The van der Waals surface area contributed by atoms with Gasteiger partial charge in [0, 0.05) is 39.1 Å². The molecule has 0 radical (unpaired) electrons. The van der Waals surface area contributed by atoms with Gasteiger partial charge in [-0.2, -0.15) is 4.31 Å². The van der Waals surface area contributed by atoms with Crippen LogP contribution in [0, 0.1) is 5.82 Å². The number of hydrogen-bond donors (Lipinski definition) is 1. The van der Waals surface area contributed by atoms with Gasteiger partial charge in [-0.3, -0.25) is 0 Å². The maximum absolute atomic E-state index is 14.2. The van der Waals surface area contributed by atoms with Crippen LogP contribution in [0.15, 0.2) is 35.5 Å². The molecule has 0 amide bonds. The average Bonchev–Trinajstić information content (AvgIpc) is 2.96. The number of aryl methyl sites for hydroxylation is 1. The Bertz CT molecular complexity index is 828. The normalized spacial score (nSPS) is 19.0. The van der Waals surface area contributed by atoms with Crippen LogP contribution in [0.2, 0.25) is 5.02 Å². The zero-order chi connectivity index (χ0) is 16.6. The summed E-state index contributed by atoms with van der Waals surface area (Å²) in [5.41, 5.74) is 0. The SMILES string of the molecule is Cl.Cn1ccnc1C1CNCCN1S(=O)(=O)c1cccc(Cl)c1F. The highest BCUT2D eigenvalue weighted by Crippen LogP contribution is 2.30. The molecule has 2 heterocycles. The third-order valence-electron chi connectivity index (χ3n) is 3.85. The topological polar surface area (TPSA) is 67.2 Å². The number of imidazole rings is 1. The zero-order valence-electron chi connectivity index (χ0n) is 12.8. The van der Waals surface area contributed by atoms with E-state index in [0.29, 0.717) is 18.9 Å². The maximum Gasteiger partial charge on any atom is 0.246 e. The second-order valence-electron chi connectivity index (χ2n) is 5.28. The largest absolute Gasteiger partial charge is 0.337 e. The van der Waals surface area contributed by atoms with Gasteiger partial charge in [-0.15, -0.1) is 12.4 Å². The summed E-state index contributed by atoms with van der Waals surface area (Å²) in [5.74, 6) is -0.325. The fourth-order valence-electron chi connectivity index (χ4n) is 2.70. The van der Waals surface area contributed by atoms with Gasteiger partial charge >= 0.3 is 0 Å². The van der Waals surface area contributed by atoms with Crippen LogP contribution >= 0.6 is 24.0 Å². The molecular weight excluding hydrogens is 378 g/mol. The van der Waals surface area contributed by atoms with Crippen molar-refractivity contribution in [3.05, 3.63) is 47.3 Å². The summed E-state index contributed by atoms with van der Waals surface area (Å²) in [6, 6.07) is 3.47. The minimum Gasteiger partial charge on any atom is -0.337 e. The van der Waals surface area contributed by atoms with Gasteiger partial charge < -0.3 is 9.88 Å². The summed E-state index contributed by atoms with van der Waals surface area (Å²) in [4.78, 5) is 3.82. The number of halogens is 3. The summed E-state index contributed by atoms with van der Waals surface area (Å²) < 4.78 is 43.1. The van der Waals surface area contributed by atoms with Crippen molar-refractivity contribution < 1.29 is 12.8 Å². The molecule has 1 N–H and O–H groups in total. The van der Waals surface area contributed by atoms with Crippen molar-refractivity contribution in [1.29, 1.82) is 0 Å². The van der Waals surface area contributed by atoms with E-state index >= 15 is 0 Å². The van der Waals surface area contributed by atoms with E-state index in [4.69, 9.17) is 11.6 Å². The fraction of sp³-hybridized carbons (Fsp3) is 0.357. The smallest absolute Gasteiger partial charge is 0.246 e. The number of nitrogens with zero attached hydrogens (tertiary/aromatic N) is 3.